The highest BCUT2D eigenvalue weighted by atomic mass is 79.9. The minimum absolute atomic E-state index is 0.143. The largest absolute Gasteiger partial charge is 0.350 e. The van der Waals surface area contributed by atoms with Crippen molar-refractivity contribution in [2.75, 3.05) is 23.9 Å². The van der Waals surface area contributed by atoms with Crippen molar-refractivity contribution in [2.45, 2.75) is 37.8 Å². The average Bonchev–Trinajstić information content (AvgIpc) is 3.35. The monoisotopic (exact) mass is 555 g/mol. The molecule has 1 N–H and O–H groups in total. The lowest BCUT2D eigenvalue weighted by atomic mass is 10.1. The van der Waals surface area contributed by atoms with Gasteiger partial charge in [-0.25, -0.2) is 8.42 Å². The first-order valence-corrected chi connectivity index (χ1v) is 14.0. The molecule has 3 aromatic rings. The van der Waals surface area contributed by atoms with Crippen LogP contribution in [0.4, 0.5) is 5.69 Å². The number of amides is 1. The lowest BCUT2D eigenvalue weighted by Gasteiger charge is -2.24. The smallest absolute Gasteiger partial charge is 0.264 e. The van der Waals surface area contributed by atoms with E-state index < -0.39 is 10.0 Å². The second-order valence-corrected chi connectivity index (χ2v) is 11.7. The Labute approximate surface area is 216 Å². The van der Waals surface area contributed by atoms with E-state index in [1.54, 1.807) is 42.5 Å². The molecule has 1 aliphatic rings. The predicted octanol–water partition coefficient (Wildman–Crippen LogP) is 4.87. The first-order chi connectivity index (χ1) is 16.8. The highest BCUT2D eigenvalue weighted by Gasteiger charge is 2.27. The summed E-state index contributed by atoms with van der Waals surface area (Å²) in [6, 6.07) is 21.8. The van der Waals surface area contributed by atoms with Gasteiger partial charge in [-0.05, 0) is 74.3 Å². The molecule has 1 saturated heterocycles. The number of sulfonamides is 1. The number of nitrogens with one attached hydrogen (secondary N) is 1. The first kappa shape index (κ1) is 25.4. The summed E-state index contributed by atoms with van der Waals surface area (Å²) in [4.78, 5) is 15.5. The van der Waals surface area contributed by atoms with Crippen LogP contribution in [0.15, 0.2) is 82.2 Å². The molecule has 0 unspecified atom stereocenters. The van der Waals surface area contributed by atoms with Crippen LogP contribution in [0.3, 0.4) is 0 Å². The van der Waals surface area contributed by atoms with Crippen LogP contribution in [-0.2, 0) is 27.9 Å². The van der Waals surface area contributed by atoms with Gasteiger partial charge in [-0.3, -0.25) is 14.0 Å². The molecule has 0 saturated carbocycles. The Balaban J connectivity index is 1.45. The van der Waals surface area contributed by atoms with Crippen LogP contribution in [0.5, 0.6) is 0 Å². The van der Waals surface area contributed by atoms with Crippen molar-refractivity contribution in [3.63, 3.8) is 0 Å². The van der Waals surface area contributed by atoms with Gasteiger partial charge in [0.15, 0.2) is 0 Å². The van der Waals surface area contributed by atoms with Crippen molar-refractivity contribution in [3.05, 3.63) is 94.0 Å². The van der Waals surface area contributed by atoms with E-state index in [-0.39, 0.29) is 17.3 Å². The van der Waals surface area contributed by atoms with Gasteiger partial charge >= 0.3 is 0 Å². The molecule has 1 amide bonds. The summed E-state index contributed by atoms with van der Waals surface area (Å²) in [5.74, 6) is -0.373. The molecule has 1 fully saturated rings. The minimum Gasteiger partial charge on any atom is -0.350 e. The van der Waals surface area contributed by atoms with E-state index in [4.69, 9.17) is 0 Å². The standard InChI is InChI=1S/C27H30BrN3O3S/c1-21-7-13-26(14-8-21)35(33,34)31(25-6-4-5-24(28)17-25)20-27(32)29-18-22-9-11-23(12-10-22)19-30-15-2-3-16-30/h4-14,17H,2-3,15-16,18-20H2,1H3,(H,29,32). The second kappa shape index (κ2) is 11.4. The van der Waals surface area contributed by atoms with E-state index in [0.29, 0.717) is 12.2 Å². The maximum Gasteiger partial charge on any atom is 0.264 e. The van der Waals surface area contributed by atoms with Crippen molar-refractivity contribution in [1.82, 2.24) is 10.2 Å². The summed E-state index contributed by atoms with van der Waals surface area (Å²) in [5, 5.41) is 2.87. The van der Waals surface area contributed by atoms with Crippen molar-refractivity contribution < 1.29 is 13.2 Å². The number of halogens is 1. The second-order valence-electron chi connectivity index (χ2n) is 8.88. The summed E-state index contributed by atoms with van der Waals surface area (Å²) < 4.78 is 28.8. The zero-order chi connectivity index (χ0) is 24.8. The Hall–Kier alpha value is -2.68. The van der Waals surface area contributed by atoms with E-state index >= 15 is 0 Å². The molecule has 0 aliphatic carbocycles. The number of likely N-dealkylation sites (tertiary alicyclic amines) is 1. The Bertz CT molecular complexity index is 1260. The number of nitrogens with zero attached hydrogens (tertiary/aromatic N) is 2. The maximum atomic E-state index is 13.5. The minimum atomic E-state index is -3.94. The maximum absolute atomic E-state index is 13.5. The van der Waals surface area contributed by atoms with Gasteiger partial charge in [-0.1, -0.05) is 64.0 Å². The van der Waals surface area contributed by atoms with Gasteiger partial charge in [0.2, 0.25) is 5.91 Å². The van der Waals surface area contributed by atoms with Crippen LogP contribution in [0.2, 0.25) is 0 Å². The molecule has 6 nitrogen and oxygen atoms in total. The molecule has 0 spiro atoms. The molecule has 35 heavy (non-hydrogen) atoms. The Morgan fingerprint density at radius 1 is 0.971 bits per heavy atom. The third-order valence-electron chi connectivity index (χ3n) is 6.11. The fourth-order valence-corrected chi connectivity index (χ4v) is 5.93. The summed E-state index contributed by atoms with van der Waals surface area (Å²) in [6.07, 6.45) is 2.53. The van der Waals surface area contributed by atoms with Crippen LogP contribution in [0.25, 0.3) is 0 Å². The predicted molar refractivity (Wildman–Crippen MR) is 143 cm³/mol. The van der Waals surface area contributed by atoms with E-state index in [1.165, 1.54) is 18.4 Å². The third-order valence-corrected chi connectivity index (χ3v) is 8.39. The fraction of sp³-hybridized carbons (Fsp3) is 0.296. The SMILES string of the molecule is Cc1ccc(S(=O)(=O)N(CC(=O)NCc2ccc(CN3CCCC3)cc2)c2cccc(Br)c2)cc1. The van der Waals surface area contributed by atoms with E-state index in [9.17, 15) is 13.2 Å². The molecule has 0 radical (unpaired) electrons. The van der Waals surface area contributed by atoms with E-state index in [1.807, 2.05) is 25.1 Å². The lowest BCUT2D eigenvalue weighted by molar-refractivity contribution is -0.119. The number of carbonyl (C=O) groups is 1. The molecule has 4 rings (SSSR count). The van der Waals surface area contributed by atoms with Gasteiger partial charge in [0.1, 0.15) is 6.54 Å². The van der Waals surface area contributed by atoms with Crippen LogP contribution in [-0.4, -0.2) is 38.9 Å². The van der Waals surface area contributed by atoms with Crippen LogP contribution < -0.4 is 9.62 Å². The number of hydrogen-bond donors (Lipinski definition) is 1. The third kappa shape index (κ3) is 6.72. The highest BCUT2D eigenvalue weighted by molar-refractivity contribution is 9.10. The van der Waals surface area contributed by atoms with Crippen molar-refractivity contribution >= 4 is 37.5 Å². The molecule has 0 bridgehead atoms. The van der Waals surface area contributed by atoms with E-state index in [0.717, 1.165) is 39.5 Å². The first-order valence-electron chi connectivity index (χ1n) is 11.7. The average molecular weight is 557 g/mol. The lowest BCUT2D eigenvalue weighted by Crippen LogP contribution is -2.40. The van der Waals surface area contributed by atoms with Crippen molar-refractivity contribution in [2.24, 2.45) is 0 Å². The summed E-state index contributed by atoms with van der Waals surface area (Å²) in [7, 11) is -3.94. The van der Waals surface area contributed by atoms with Gasteiger partial charge in [0.05, 0.1) is 10.6 Å². The molecule has 8 heteroatoms. The number of hydrogen-bond acceptors (Lipinski definition) is 4. The van der Waals surface area contributed by atoms with Crippen molar-refractivity contribution in [3.8, 4) is 0 Å². The number of rotatable bonds is 9. The molecule has 0 aromatic heterocycles. The Morgan fingerprint density at radius 3 is 2.29 bits per heavy atom. The Kier molecular flexibility index (Phi) is 8.26. The summed E-state index contributed by atoms with van der Waals surface area (Å²) in [5.41, 5.74) is 3.61. The molecular weight excluding hydrogens is 526 g/mol. The number of anilines is 1. The zero-order valence-electron chi connectivity index (χ0n) is 19.8. The van der Waals surface area contributed by atoms with Crippen molar-refractivity contribution in [1.29, 1.82) is 0 Å². The van der Waals surface area contributed by atoms with Gasteiger partial charge < -0.3 is 5.32 Å². The molecule has 0 atom stereocenters. The molecule has 184 valence electrons. The zero-order valence-corrected chi connectivity index (χ0v) is 22.2. The topological polar surface area (TPSA) is 69.7 Å². The van der Waals surface area contributed by atoms with Crippen LogP contribution in [0.1, 0.15) is 29.5 Å². The summed E-state index contributed by atoms with van der Waals surface area (Å²) >= 11 is 3.40. The van der Waals surface area contributed by atoms with Gasteiger partial charge in [0, 0.05) is 17.6 Å². The molecule has 1 aliphatic heterocycles. The molecule has 1 heterocycles. The number of aryl methyl sites for hydroxylation is 1. The fourth-order valence-electron chi connectivity index (χ4n) is 4.13. The van der Waals surface area contributed by atoms with Crippen LogP contribution in [0, 0.1) is 6.92 Å². The Morgan fingerprint density at radius 2 is 1.63 bits per heavy atom. The van der Waals surface area contributed by atoms with Crippen LogP contribution >= 0.6 is 15.9 Å². The van der Waals surface area contributed by atoms with E-state index in [2.05, 4.69) is 38.3 Å². The summed E-state index contributed by atoms with van der Waals surface area (Å²) in [6.45, 7) is 5.16. The number of benzene rings is 3. The van der Waals surface area contributed by atoms with Gasteiger partial charge in [-0.2, -0.15) is 0 Å². The quantitative estimate of drug-likeness (QED) is 0.409. The highest BCUT2D eigenvalue weighted by Crippen LogP contribution is 2.26. The number of carbonyl (C=O) groups excluding carboxylic acids is 1. The molecule has 3 aromatic carbocycles. The van der Waals surface area contributed by atoms with Gasteiger partial charge in [-0.15, -0.1) is 0 Å². The normalized spacial score (nSPS) is 14.1. The van der Waals surface area contributed by atoms with Gasteiger partial charge in [0.25, 0.3) is 10.0 Å². The molecular formula is C27H30BrN3O3S.